The molecule has 0 radical (unpaired) electrons. The number of carboxylic acid groups (broad SMARTS) is 1. The molecular formula is C12H13NO3. The predicted octanol–water partition coefficient (Wildman–Crippen LogP) is 1.53. The fraction of sp³-hybridized carbons (Fsp3) is 0.250. The zero-order chi connectivity index (χ0) is 12.0. The summed E-state index contributed by atoms with van der Waals surface area (Å²) in [4.78, 5) is 16.1. The van der Waals surface area contributed by atoms with Crippen LogP contribution in [0.1, 0.15) is 6.92 Å². The van der Waals surface area contributed by atoms with Crippen molar-refractivity contribution >= 4 is 11.7 Å². The molecule has 4 nitrogen and oxygen atoms in total. The molecule has 1 aromatic carbocycles. The molecule has 0 amide bonds. The molecule has 16 heavy (non-hydrogen) atoms. The van der Waals surface area contributed by atoms with Gasteiger partial charge in [0.25, 0.3) is 0 Å². The highest BCUT2D eigenvalue weighted by atomic mass is 16.7. The Balaban J connectivity index is 2.88. The molecule has 1 aromatic rings. The second kappa shape index (κ2) is 5.79. The van der Waals surface area contributed by atoms with Crippen LogP contribution in [0.2, 0.25) is 0 Å². The molecule has 84 valence electrons. The number of benzene rings is 1. The average Bonchev–Trinajstić information content (AvgIpc) is 2.30. The van der Waals surface area contributed by atoms with Gasteiger partial charge in [-0.1, -0.05) is 24.1 Å². The summed E-state index contributed by atoms with van der Waals surface area (Å²) in [6, 6.07) is 8.17. The van der Waals surface area contributed by atoms with Crippen molar-refractivity contribution in [1.29, 1.82) is 0 Å². The highest BCUT2D eigenvalue weighted by molar-refractivity contribution is 5.76. The van der Waals surface area contributed by atoms with Crippen molar-refractivity contribution in [3.05, 3.63) is 30.3 Å². The van der Waals surface area contributed by atoms with Crippen LogP contribution in [0.5, 0.6) is 0 Å². The fourth-order valence-electron chi connectivity index (χ4n) is 1.19. The lowest BCUT2D eigenvalue weighted by Crippen LogP contribution is -2.39. The van der Waals surface area contributed by atoms with Crippen molar-refractivity contribution in [2.24, 2.45) is 0 Å². The summed E-state index contributed by atoms with van der Waals surface area (Å²) in [6.07, 6.45) is 5.08. The highest BCUT2D eigenvalue weighted by Gasteiger charge is 2.21. The topological polar surface area (TPSA) is 49.8 Å². The van der Waals surface area contributed by atoms with E-state index in [1.807, 2.05) is 6.07 Å². The Morgan fingerprint density at radius 1 is 1.56 bits per heavy atom. The third-order valence-corrected chi connectivity index (χ3v) is 2.01. The van der Waals surface area contributed by atoms with Crippen LogP contribution in [-0.2, 0) is 9.63 Å². The largest absolute Gasteiger partial charge is 0.480 e. The van der Waals surface area contributed by atoms with E-state index in [2.05, 4.69) is 5.92 Å². The van der Waals surface area contributed by atoms with Gasteiger partial charge in [-0.25, -0.2) is 9.86 Å². The van der Waals surface area contributed by atoms with E-state index >= 15 is 0 Å². The summed E-state index contributed by atoms with van der Waals surface area (Å²) in [5.41, 5.74) is 0.660. The lowest BCUT2D eigenvalue weighted by atomic mass is 10.2. The van der Waals surface area contributed by atoms with Gasteiger partial charge in [0.05, 0.1) is 5.69 Å². The van der Waals surface area contributed by atoms with Gasteiger partial charge in [-0.2, -0.15) is 0 Å². The number of nitrogens with zero attached hydrogens (tertiary/aromatic N) is 1. The summed E-state index contributed by atoms with van der Waals surface area (Å²) in [5.74, 6) is 1.33. The van der Waals surface area contributed by atoms with E-state index in [9.17, 15) is 4.79 Å². The van der Waals surface area contributed by atoms with Gasteiger partial charge in [-0.15, -0.1) is 6.42 Å². The molecule has 4 heteroatoms. The van der Waals surface area contributed by atoms with E-state index in [0.29, 0.717) is 5.69 Å². The molecular weight excluding hydrogens is 206 g/mol. The second-order valence-electron chi connectivity index (χ2n) is 3.15. The van der Waals surface area contributed by atoms with Crippen LogP contribution in [0.4, 0.5) is 5.69 Å². The highest BCUT2D eigenvalue weighted by Crippen LogP contribution is 2.16. The van der Waals surface area contributed by atoms with E-state index in [1.165, 1.54) is 12.0 Å². The maximum absolute atomic E-state index is 10.9. The van der Waals surface area contributed by atoms with Crippen LogP contribution in [0.3, 0.4) is 0 Å². The molecule has 0 saturated heterocycles. The number of hydrogen-bond donors (Lipinski definition) is 1. The van der Waals surface area contributed by atoms with Crippen LogP contribution < -0.4 is 5.06 Å². The summed E-state index contributed by atoms with van der Waals surface area (Å²) < 4.78 is 0. The van der Waals surface area contributed by atoms with E-state index in [-0.39, 0.29) is 6.61 Å². The van der Waals surface area contributed by atoms with Gasteiger partial charge in [0.1, 0.15) is 6.61 Å². The van der Waals surface area contributed by atoms with Gasteiger partial charge in [-0.05, 0) is 19.1 Å². The van der Waals surface area contributed by atoms with Crippen molar-refractivity contribution in [2.75, 3.05) is 11.7 Å². The molecule has 0 saturated carbocycles. The zero-order valence-electron chi connectivity index (χ0n) is 8.96. The first kappa shape index (κ1) is 12.1. The Kier molecular flexibility index (Phi) is 4.37. The van der Waals surface area contributed by atoms with Crippen LogP contribution in [-0.4, -0.2) is 23.7 Å². The first-order valence-corrected chi connectivity index (χ1v) is 4.80. The standard InChI is InChI=1S/C12H13NO3/c1-3-9-16-13(10(2)12(14)15)11-7-5-4-6-8-11/h1,4-8,10H,9H2,2H3,(H,14,15)/t10-/m0/s1. The molecule has 0 aliphatic carbocycles. The van der Waals surface area contributed by atoms with Crippen molar-refractivity contribution in [1.82, 2.24) is 0 Å². The van der Waals surface area contributed by atoms with Crippen LogP contribution in [0.25, 0.3) is 0 Å². The number of anilines is 1. The Bertz CT molecular complexity index is 383. The molecule has 0 aromatic heterocycles. The molecule has 0 fully saturated rings. The van der Waals surface area contributed by atoms with E-state index in [0.717, 1.165) is 0 Å². The summed E-state index contributed by atoms with van der Waals surface area (Å²) in [5, 5.41) is 10.2. The molecule has 1 rings (SSSR count). The summed E-state index contributed by atoms with van der Waals surface area (Å²) >= 11 is 0. The number of carbonyl (C=O) groups is 1. The molecule has 0 spiro atoms. The Morgan fingerprint density at radius 3 is 2.69 bits per heavy atom. The smallest absolute Gasteiger partial charge is 0.328 e. The average molecular weight is 219 g/mol. The number of carboxylic acids is 1. The van der Waals surface area contributed by atoms with Gasteiger partial charge >= 0.3 is 5.97 Å². The van der Waals surface area contributed by atoms with Gasteiger partial charge in [0, 0.05) is 0 Å². The van der Waals surface area contributed by atoms with E-state index < -0.39 is 12.0 Å². The van der Waals surface area contributed by atoms with Gasteiger partial charge < -0.3 is 5.11 Å². The number of hydrogen-bond acceptors (Lipinski definition) is 3. The molecule has 1 N–H and O–H groups in total. The van der Waals surface area contributed by atoms with Crippen LogP contribution >= 0.6 is 0 Å². The van der Waals surface area contributed by atoms with Crippen molar-refractivity contribution < 1.29 is 14.7 Å². The normalized spacial score (nSPS) is 11.5. The van der Waals surface area contributed by atoms with E-state index in [4.69, 9.17) is 16.4 Å². The Morgan fingerprint density at radius 2 is 2.19 bits per heavy atom. The van der Waals surface area contributed by atoms with Crippen molar-refractivity contribution in [2.45, 2.75) is 13.0 Å². The molecule has 0 unspecified atom stereocenters. The number of para-hydroxylation sites is 1. The second-order valence-corrected chi connectivity index (χ2v) is 3.15. The maximum atomic E-state index is 10.9. The van der Waals surface area contributed by atoms with Gasteiger partial charge in [-0.3, -0.25) is 4.84 Å². The van der Waals surface area contributed by atoms with Crippen LogP contribution in [0, 0.1) is 12.3 Å². The van der Waals surface area contributed by atoms with Gasteiger partial charge in [0.2, 0.25) is 0 Å². The first-order chi connectivity index (χ1) is 7.66. The minimum Gasteiger partial charge on any atom is -0.480 e. The SMILES string of the molecule is C#CCON(c1ccccc1)[C@@H](C)C(=O)O. The maximum Gasteiger partial charge on any atom is 0.328 e. The lowest BCUT2D eigenvalue weighted by molar-refractivity contribution is -0.140. The number of hydroxylamine groups is 1. The molecule has 0 aliphatic heterocycles. The number of rotatable bonds is 5. The minimum atomic E-state index is -0.971. The molecule has 0 aliphatic rings. The Hall–Kier alpha value is -1.99. The lowest BCUT2D eigenvalue weighted by Gasteiger charge is -2.26. The first-order valence-electron chi connectivity index (χ1n) is 4.80. The zero-order valence-corrected chi connectivity index (χ0v) is 8.96. The minimum absolute atomic E-state index is 0.0342. The van der Waals surface area contributed by atoms with Gasteiger partial charge in [0.15, 0.2) is 6.04 Å². The number of terminal acetylenes is 1. The predicted molar refractivity (Wildman–Crippen MR) is 60.8 cm³/mol. The summed E-state index contributed by atoms with van der Waals surface area (Å²) in [7, 11) is 0. The molecule has 0 bridgehead atoms. The fourth-order valence-corrected chi connectivity index (χ4v) is 1.19. The molecule has 0 heterocycles. The quantitative estimate of drug-likeness (QED) is 0.602. The molecule has 1 atom stereocenters. The van der Waals surface area contributed by atoms with Crippen molar-refractivity contribution in [3.63, 3.8) is 0 Å². The van der Waals surface area contributed by atoms with Crippen LogP contribution in [0.15, 0.2) is 30.3 Å². The number of aliphatic carboxylic acids is 1. The Labute approximate surface area is 94.4 Å². The monoisotopic (exact) mass is 219 g/mol. The van der Waals surface area contributed by atoms with E-state index in [1.54, 1.807) is 24.3 Å². The third-order valence-electron chi connectivity index (χ3n) is 2.01. The van der Waals surface area contributed by atoms with Crippen molar-refractivity contribution in [3.8, 4) is 12.3 Å². The third kappa shape index (κ3) is 3.01. The summed E-state index contributed by atoms with van der Waals surface area (Å²) in [6.45, 7) is 1.57.